The summed E-state index contributed by atoms with van der Waals surface area (Å²) in [7, 11) is 0. The van der Waals surface area contributed by atoms with E-state index in [-0.39, 0.29) is 18.3 Å². The third-order valence-corrected chi connectivity index (χ3v) is 5.31. The Balaban J connectivity index is 1.76. The largest absolute Gasteiger partial charge is 0.462 e. The van der Waals surface area contributed by atoms with Gasteiger partial charge in [-0.3, -0.25) is 14.2 Å². The van der Waals surface area contributed by atoms with E-state index in [1.807, 2.05) is 30.3 Å². The van der Waals surface area contributed by atoms with Gasteiger partial charge in [-0.15, -0.1) is 0 Å². The summed E-state index contributed by atoms with van der Waals surface area (Å²) in [5.74, 6) is -0.475. The molecule has 31 heavy (non-hydrogen) atoms. The molecule has 3 N–H and O–H groups in total. The zero-order valence-electron chi connectivity index (χ0n) is 17.1. The second-order valence-electron chi connectivity index (χ2n) is 6.52. The summed E-state index contributed by atoms with van der Waals surface area (Å²) in [6.07, 6.45) is 0. The second-order valence-corrected chi connectivity index (χ2v) is 7.83. The Morgan fingerprint density at radius 2 is 1.84 bits per heavy atom. The molecule has 0 saturated carbocycles. The molecule has 0 aliphatic carbocycles. The van der Waals surface area contributed by atoms with Crippen LogP contribution >= 0.6 is 11.8 Å². The van der Waals surface area contributed by atoms with Crippen molar-refractivity contribution in [1.29, 1.82) is 0 Å². The van der Waals surface area contributed by atoms with E-state index in [0.29, 0.717) is 16.4 Å². The first-order chi connectivity index (χ1) is 14.9. The lowest BCUT2D eigenvalue weighted by atomic mass is 10.2. The first kappa shape index (κ1) is 22.1. The van der Waals surface area contributed by atoms with Gasteiger partial charge in [-0.05, 0) is 50.2 Å². The number of nitrogens with one attached hydrogen (secondary N) is 1. The van der Waals surface area contributed by atoms with Gasteiger partial charge in [0.25, 0.3) is 5.56 Å². The molecule has 3 aromatic rings. The minimum atomic E-state index is -0.576. The maximum Gasteiger partial charge on any atom is 0.338 e. The molecule has 0 spiro atoms. The highest BCUT2D eigenvalue weighted by Gasteiger charge is 2.19. The van der Waals surface area contributed by atoms with Crippen molar-refractivity contribution in [2.75, 3.05) is 17.7 Å². The molecule has 1 aromatic heterocycles. The summed E-state index contributed by atoms with van der Waals surface area (Å²) in [6.45, 7) is 3.73. The van der Waals surface area contributed by atoms with Crippen LogP contribution in [0.1, 0.15) is 24.2 Å². The number of rotatable bonds is 7. The number of anilines is 2. The minimum absolute atomic E-state index is 0.232. The molecule has 1 heterocycles. The first-order valence-electron chi connectivity index (χ1n) is 9.58. The van der Waals surface area contributed by atoms with Gasteiger partial charge in [-0.1, -0.05) is 30.0 Å². The number of amides is 1. The Bertz CT molecular complexity index is 1130. The Hall–Kier alpha value is -3.59. The van der Waals surface area contributed by atoms with Crippen LogP contribution in [0.15, 0.2) is 70.6 Å². The number of nitrogens with two attached hydrogens (primary N) is 1. The summed E-state index contributed by atoms with van der Waals surface area (Å²) in [6, 6.07) is 16.9. The fraction of sp³-hybridized carbons (Fsp3) is 0.182. The molecule has 0 saturated heterocycles. The second kappa shape index (κ2) is 9.94. The van der Waals surface area contributed by atoms with Gasteiger partial charge in [0.15, 0.2) is 5.16 Å². The average molecular weight is 439 g/mol. The van der Waals surface area contributed by atoms with E-state index < -0.39 is 16.8 Å². The summed E-state index contributed by atoms with van der Waals surface area (Å²) < 4.78 is 6.57. The lowest BCUT2D eigenvalue weighted by Gasteiger charge is -2.17. The zero-order chi connectivity index (χ0) is 22.4. The highest BCUT2D eigenvalue weighted by atomic mass is 32.2. The molecule has 9 heteroatoms. The Labute approximate surface area is 183 Å². The van der Waals surface area contributed by atoms with Gasteiger partial charge in [-0.2, -0.15) is 4.98 Å². The smallest absolute Gasteiger partial charge is 0.338 e. The predicted octanol–water partition coefficient (Wildman–Crippen LogP) is 3.11. The molecule has 0 aliphatic rings. The number of ether oxygens (including phenoxy) is 1. The van der Waals surface area contributed by atoms with E-state index in [1.165, 1.54) is 6.07 Å². The van der Waals surface area contributed by atoms with Gasteiger partial charge in [0.05, 0.1) is 17.4 Å². The summed E-state index contributed by atoms with van der Waals surface area (Å²) >= 11 is 1.12. The van der Waals surface area contributed by atoms with Crippen molar-refractivity contribution < 1.29 is 14.3 Å². The summed E-state index contributed by atoms with van der Waals surface area (Å²) in [4.78, 5) is 40.4. The topological polar surface area (TPSA) is 116 Å². The molecule has 0 bridgehead atoms. The molecular formula is C22H22N4O4S. The normalized spacial score (nSPS) is 11.5. The number of thioether (sulfide) groups is 1. The van der Waals surface area contributed by atoms with Crippen LogP contribution in [0.3, 0.4) is 0 Å². The number of aromatic nitrogens is 2. The van der Waals surface area contributed by atoms with E-state index in [4.69, 9.17) is 10.5 Å². The van der Waals surface area contributed by atoms with Crippen LogP contribution in [0.4, 0.5) is 11.5 Å². The Kier molecular flexibility index (Phi) is 7.09. The van der Waals surface area contributed by atoms with Gasteiger partial charge < -0.3 is 15.8 Å². The predicted molar refractivity (Wildman–Crippen MR) is 121 cm³/mol. The lowest BCUT2D eigenvalue weighted by Crippen LogP contribution is -2.24. The molecule has 2 aromatic carbocycles. The fourth-order valence-electron chi connectivity index (χ4n) is 2.75. The number of carbonyl (C=O) groups is 2. The quantitative estimate of drug-likeness (QED) is 0.331. The molecule has 0 aliphatic heterocycles. The first-order valence-corrected chi connectivity index (χ1v) is 10.5. The van der Waals surface area contributed by atoms with Crippen molar-refractivity contribution in [2.45, 2.75) is 24.3 Å². The molecule has 0 unspecified atom stereocenters. The van der Waals surface area contributed by atoms with Crippen molar-refractivity contribution in [1.82, 2.24) is 9.55 Å². The number of carbonyl (C=O) groups excluding carboxylic acids is 2. The average Bonchev–Trinajstić information content (AvgIpc) is 2.74. The van der Waals surface area contributed by atoms with Crippen LogP contribution in [0, 0.1) is 0 Å². The Morgan fingerprint density at radius 1 is 1.16 bits per heavy atom. The van der Waals surface area contributed by atoms with Crippen molar-refractivity contribution in [2.24, 2.45) is 0 Å². The van der Waals surface area contributed by atoms with E-state index >= 15 is 0 Å². The monoisotopic (exact) mass is 438 g/mol. The van der Waals surface area contributed by atoms with Gasteiger partial charge >= 0.3 is 5.97 Å². The highest BCUT2D eigenvalue weighted by molar-refractivity contribution is 8.00. The van der Waals surface area contributed by atoms with Crippen LogP contribution in [-0.2, 0) is 9.53 Å². The molecule has 3 rings (SSSR count). The van der Waals surface area contributed by atoms with Crippen LogP contribution in [0.5, 0.6) is 0 Å². The standard InChI is InChI=1S/C22H22N4O4S/c1-3-30-21(29)15-9-11-16(12-10-15)24-20(28)14(2)31-22-25-19(27)13-18(23)26(22)17-7-5-4-6-8-17/h4-14H,3,23H2,1-2H3,(H,24,28)/t14-/m1/s1. The molecule has 1 amide bonds. The summed E-state index contributed by atoms with van der Waals surface area (Å²) in [5.41, 5.74) is 7.25. The zero-order valence-corrected chi connectivity index (χ0v) is 17.9. The number of esters is 1. The number of hydrogen-bond acceptors (Lipinski definition) is 7. The lowest BCUT2D eigenvalue weighted by molar-refractivity contribution is -0.115. The number of hydrogen-bond donors (Lipinski definition) is 2. The van der Waals surface area contributed by atoms with Crippen LogP contribution < -0.4 is 16.6 Å². The van der Waals surface area contributed by atoms with Crippen molar-refractivity contribution >= 4 is 35.1 Å². The molecule has 0 radical (unpaired) electrons. The van der Waals surface area contributed by atoms with Crippen molar-refractivity contribution in [3.8, 4) is 5.69 Å². The van der Waals surface area contributed by atoms with E-state index in [1.54, 1.807) is 42.7 Å². The van der Waals surface area contributed by atoms with Crippen LogP contribution in [0.25, 0.3) is 5.69 Å². The molecule has 8 nitrogen and oxygen atoms in total. The molecule has 160 valence electrons. The summed E-state index contributed by atoms with van der Waals surface area (Å²) in [5, 5.41) is 2.53. The number of nitrogen functional groups attached to an aromatic ring is 1. The van der Waals surface area contributed by atoms with Gasteiger partial charge in [0, 0.05) is 17.4 Å². The SMILES string of the molecule is CCOC(=O)c1ccc(NC(=O)[C@@H](C)Sc2nc(=O)cc(N)n2-c2ccccc2)cc1. The maximum atomic E-state index is 12.7. The fourth-order valence-corrected chi connectivity index (χ4v) is 3.69. The number of nitrogens with zero attached hydrogens (tertiary/aromatic N) is 2. The third kappa shape index (κ3) is 5.52. The molecule has 0 fully saturated rings. The van der Waals surface area contributed by atoms with E-state index in [0.717, 1.165) is 17.4 Å². The molecule has 1 atom stereocenters. The van der Waals surface area contributed by atoms with Gasteiger partial charge in [0.2, 0.25) is 5.91 Å². The van der Waals surface area contributed by atoms with Crippen LogP contribution in [0.2, 0.25) is 0 Å². The van der Waals surface area contributed by atoms with Crippen LogP contribution in [-0.4, -0.2) is 33.3 Å². The van der Waals surface area contributed by atoms with E-state index in [2.05, 4.69) is 10.3 Å². The van der Waals surface area contributed by atoms with Gasteiger partial charge in [0.1, 0.15) is 5.82 Å². The minimum Gasteiger partial charge on any atom is -0.462 e. The maximum absolute atomic E-state index is 12.7. The van der Waals surface area contributed by atoms with Crippen molar-refractivity contribution in [3.05, 3.63) is 76.6 Å². The number of benzene rings is 2. The van der Waals surface area contributed by atoms with Crippen molar-refractivity contribution in [3.63, 3.8) is 0 Å². The van der Waals surface area contributed by atoms with E-state index in [9.17, 15) is 14.4 Å². The van der Waals surface area contributed by atoms with Gasteiger partial charge in [-0.25, -0.2) is 4.79 Å². The Morgan fingerprint density at radius 3 is 2.48 bits per heavy atom. The highest BCUT2D eigenvalue weighted by Crippen LogP contribution is 2.26. The third-order valence-electron chi connectivity index (χ3n) is 4.26. The number of para-hydroxylation sites is 1. The molecular weight excluding hydrogens is 416 g/mol.